The van der Waals surface area contributed by atoms with Crippen LogP contribution in [0.5, 0.6) is 0 Å². The molecule has 0 bridgehead atoms. The first-order chi connectivity index (χ1) is 13.4. The summed E-state index contributed by atoms with van der Waals surface area (Å²) in [5.41, 5.74) is 2.90. The molecule has 0 saturated heterocycles. The van der Waals surface area contributed by atoms with Crippen LogP contribution in [0.2, 0.25) is 0 Å². The van der Waals surface area contributed by atoms with Gasteiger partial charge in [0.15, 0.2) is 0 Å². The Kier molecular flexibility index (Phi) is 5.64. The van der Waals surface area contributed by atoms with Gasteiger partial charge in [0.2, 0.25) is 0 Å². The second-order valence-electron chi connectivity index (χ2n) is 7.25. The van der Waals surface area contributed by atoms with Gasteiger partial charge in [0.25, 0.3) is 15.2 Å². The molecular formula is C17H24N6O4S2. The van der Waals surface area contributed by atoms with Crippen LogP contribution in [0.25, 0.3) is 0 Å². The van der Waals surface area contributed by atoms with E-state index in [1.165, 1.54) is 18.4 Å². The summed E-state index contributed by atoms with van der Waals surface area (Å²) in [7, 11) is -5.50. The highest BCUT2D eigenvalue weighted by atomic mass is 32.2. The highest BCUT2D eigenvalue weighted by Gasteiger charge is 2.41. The van der Waals surface area contributed by atoms with Gasteiger partial charge in [0.1, 0.15) is 6.33 Å². The molecule has 3 rings (SSSR count). The SMILES string of the molecule is Cc1ccc(C(=N)CN(C2CC2)S(=O)(=O)c2ncn(S(=O)(=O)N(C)C)n2)cc1C. The molecule has 12 heteroatoms. The predicted molar refractivity (Wildman–Crippen MR) is 108 cm³/mol. The van der Waals surface area contributed by atoms with Crippen LogP contribution in [0.3, 0.4) is 0 Å². The van der Waals surface area contributed by atoms with Gasteiger partial charge < -0.3 is 5.41 Å². The number of nitrogens with one attached hydrogen (secondary N) is 1. The van der Waals surface area contributed by atoms with E-state index in [2.05, 4.69) is 10.1 Å². The minimum Gasteiger partial charge on any atom is -0.303 e. The summed E-state index contributed by atoms with van der Waals surface area (Å²) < 4.78 is 53.1. The zero-order chi connectivity index (χ0) is 21.6. The molecule has 1 aromatic heterocycles. The molecule has 1 aliphatic rings. The van der Waals surface area contributed by atoms with Crippen LogP contribution in [-0.2, 0) is 20.2 Å². The Morgan fingerprint density at radius 2 is 1.83 bits per heavy atom. The minimum absolute atomic E-state index is 0.134. The molecule has 1 N–H and O–H groups in total. The topological polar surface area (TPSA) is 129 Å². The number of hydrogen-bond acceptors (Lipinski definition) is 7. The molecule has 1 aliphatic carbocycles. The third kappa shape index (κ3) is 4.25. The van der Waals surface area contributed by atoms with Crippen LogP contribution < -0.4 is 0 Å². The summed E-state index contributed by atoms with van der Waals surface area (Å²) in [5.74, 6) is 0. The average Bonchev–Trinajstić information content (AvgIpc) is 3.34. The van der Waals surface area contributed by atoms with Gasteiger partial charge in [0.05, 0.1) is 12.3 Å². The fourth-order valence-corrected chi connectivity index (χ4v) is 4.90. The Morgan fingerprint density at radius 1 is 1.17 bits per heavy atom. The van der Waals surface area contributed by atoms with Crippen molar-refractivity contribution in [2.45, 2.75) is 37.9 Å². The molecule has 29 heavy (non-hydrogen) atoms. The molecule has 10 nitrogen and oxygen atoms in total. The van der Waals surface area contributed by atoms with Gasteiger partial charge in [-0.05, 0) is 49.4 Å². The van der Waals surface area contributed by atoms with Crippen molar-refractivity contribution in [3.05, 3.63) is 41.2 Å². The Balaban J connectivity index is 1.90. The lowest BCUT2D eigenvalue weighted by atomic mass is 10.0. The minimum atomic E-state index is -4.16. The van der Waals surface area contributed by atoms with Crippen molar-refractivity contribution in [1.82, 2.24) is 22.8 Å². The number of sulfonamides is 1. The Bertz CT molecular complexity index is 1150. The van der Waals surface area contributed by atoms with Crippen LogP contribution in [0.1, 0.15) is 29.5 Å². The van der Waals surface area contributed by atoms with Crippen molar-refractivity contribution in [3.63, 3.8) is 0 Å². The Hall–Kier alpha value is -2.15. The van der Waals surface area contributed by atoms with Crippen molar-refractivity contribution >= 4 is 25.9 Å². The molecule has 1 aromatic carbocycles. The molecular weight excluding hydrogens is 416 g/mol. The summed E-state index contributed by atoms with van der Waals surface area (Å²) in [5, 5.41) is 11.5. The monoisotopic (exact) mass is 440 g/mol. The van der Waals surface area contributed by atoms with Crippen molar-refractivity contribution in [3.8, 4) is 0 Å². The predicted octanol–water partition coefficient (Wildman–Crippen LogP) is 0.771. The van der Waals surface area contributed by atoms with Crippen LogP contribution in [0, 0.1) is 19.3 Å². The summed E-state index contributed by atoms with van der Waals surface area (Å²) in [6, 6.07) is 5.29. The van der Waals surface area contributed by atoms with E-state index in [0.717, 1.165) is 21.8 Å². The Labute approximate surface area is 170 Å². The number of rotatable bonds is 8. The molecule has 0 radical (unpaired) electrons. The number of benzene rings is 1. The van der Waals surface area contributed by atoms with E-state index >= 15 is 0 Å². The van der Waals surface area contributed by atoms with Gasteiger partial charge in [-0.2, -0.15) is 17.0 Å². The van der Waals surface area contributed by atoms with E-state index in [1.54, 1.807) is 6.07 Å². The van der Waals surface area contributed by atoms with Crippen molar-refractivity contribution in [2.75, 3.05) is 20.6 Å². The van der Waals surface area contributed by atoms with Crippen LogP contribution in [0.15, 0.2) is 29.7 Å². The van der Waals surface area contributed by atoms with E-state index < -0.39 is 25.4 Å². The van der Waals surface area contributed by atoms with Crippen LogP contribution in [0.4, 0.5) is 0 Å². The molecule has 158 valence electrons. The molecule has 0 atom stereocenters. The summed E-state index contributed by atoms with van der Waals surface area (Å²) in [4.78, 5) is 3.72. The Morgan fingerprint density at radius 3 is 2.38 bits per heavy atom. The first kappa shape index (κ1) is 21.6. The molecule has 1 saturated carbocycles. The molecule has 0 unspecified atom stereocenters. The maximum atomic E-state index is 13.1. The second kappa shape index (κ2) is 7.59. The smallest absolute Gasteiger partial charge is 0.303 e. The molecule has 2 aromatic rings. The summed E-state index contributed by atoms with van der Waals surface area (Å²) in [6.07, 6.45) is 2.22. The van der Waals surface area contributed by atoms with Crippen molar-refractivity contribution in [1.29, 1.82) is 5.41 Å². The largest absolute Gasteiger partial charge is 0.323 e. The van der Waals surface area contributed by atoms with Gasteiger partial charge in [-0.25, -0.2) is 13.4 Å². The standard InChI is InChI=1S/C17H24N6O4S2/c1-12-5-6-14(9-13(12)2)16(18)10-22(15-7-8-15)28(24,25)17-19-11-23(20-17)29(26,27)21(3)4/h5-6,9,11,15,18H,7-8,10H2,1-4H3. The highest BCUT2D eigenvalue weighted by Crippen LogP contribution is 2.31. The highest BCUT2D eigenvalue weighted by molar-refractivity contribution is 7.89. The van der Waals surface area contributed by atoms with Crippen molar-refractivity contribution in [2.24, 2.45) is 0 Å². The quantitative estimate of drug-likeness (QED) is 0.604. The third-order valence-electron chi connectivity index (χ3n) is 4.81. The number of hydrogen-bond donors (Lipinski definition) is 1. The second-order valence-corrected chi connectivity index (χ2v) is 11.0. The van der Waals surface area contributed by atoms with E-state index in [4.69, 9.17) is 5.41 Å². The zero-order valence-corrected chi connectivity index (χ0v) is 18.3. The molecule has 1 fully saturated rings. The zero-order valence-electron chi connectivity index (χ0n) is 16.7. The van der Waals surface area contributed by atoms with Gasteiger partial charge in [-0.15, -0.1) is 9.19 Å². The molecule has 0 aliphatic heterocycles. The normalized spacial score (nSPS) is 15.2. The van der Waals surface area contributed by atoms with Crippen molar-refractivity contribution < 1.29 is 16.8 Å². The number of aryl methyl sites for hydroxylation is 2. The van der Waals surface area contributed by atoms with Gasteiger partial charge in [0, 0.05) is 20.1 Å². The van der Waals surface area contributed by atoms with Crippen LogP contribution >= 0.6 is 0 Å². The van der Waals surface area contributed by atoms with Gasteiger partial charge in [-0.3, -0.25) is 0 Å². The lowest BCUT2D eigenvalue weighted by Crippen LogP contribution is -2.38. The first-order valence-electron chi connectivity index (χ1n) is 8.96. The van der Waals surface area contributed by atoms with E-state index in [-0.39, 0.29) is 18.3 Å². The maximum absolute atomic E-state index is 13.1. The van der Waals surface area contributed by atoms with Gasteiger partial charge in [-0.1, -0.05) is 12.1 Å². The van der Waals surface area contributed by atoms with E-state index in [1.807, 2.05) is 26.0 Å². The summed E-state index contributed by atoms with van der Waals surface area (Å²) >= 11 is 0. The lowest BCUT2D eigenvalue weighted by Gasteiger charge is -2.20. The average molecular weight is 441 g/mol. The first-order valence-corrected chi connectivity index (χ1v) is 11.8. The fraction of sp³-hybridized carbons (Fsp3) is 0.471. The van der Waals surface area contributed by atoms with E-state index in [0.29, 0.717) is 22.5 Å². The fourth-order valence-electron chi connectivity index (χ4n) is 2.69. The van der Waals surface area contributed by atoms with Crippen LogP contribution in [-0.4, -0.2) is 72.0 Å². The lowest BCUT2D eigenvalue weighted by molar-refractivity contribution is 0.437. The summed E-state index contributed by atoms with van der Waals surface area (Å²) in [6.45, 7) is 3.77. The molecule has 1 heterocycles. The molecule has 0 amide bonds. The number of nitrogens with zero attached hydrogens (tertiary/aromatic N) is 5. The van der Waals surface area contributed by atoms with Gasteiger partial charge >= 0.3 is 10.2 Å². The number of aromatic nitrogens is 3. The van der Waals surface area contributed by atoms with E-state index in [9.17, 15) is 16.8 Å². The third-order valence-corrected chi connectivity index (χ3v) is 8.08. The molecule has 0 spiro atoms. The maximum Gasteiger partial charge on any atom is 0.323 e.